The molecule has 30 heavy (non-hydrogen) atoms. The lowest BCUT2D eigenvalue weighted by molar-refractivity contribution is 0.0398. The fraction of sp³-hybridized carbons (Fsp3) is 0.455. The number of carbonyl (C=O) groups excluding carboxylic acids is 1. The van der Waals surface area contributed by atoms with Crippen LogP contribution in [0.4, 0.5) is 0 Å². The third-order valence-corrected chi connectivity index (χ3v) is 5.30. The molecule has 0 spiro atoms. The van der Waals surface area contributed by atoms with E-state index in [1.165, 1.54) is 6.20 Å². The average molecular weight is 415 g/mol. The highest BCUT2D eigenvalue weighted by atomic mass is 16.5. The Bertz CT molecular complexity index is 838. The van der Waals surface area contributed by atoms with E-state index in [0.717, 1.165) is 0 Å². The summed E-state index contributed by atoms with van der Waals surface area (Å²) in [4.78, 5) is 20.6. The number of piperazine rings is 1. The Labute approximate surface area is 176 Å². The Balaban J connectivity index is 1.49. The molecule has 1 fully saturated rings. The predicted octanol–water partition coefficient (Wildman–Crippen LogP) is 0.572. The van der Waals surface area contributed by atoms with E-state index in [1.54, 1.807) is 6.92 Å². The van der Waals surface area contributed by atoms with Crippen LogP contribution < -0.4 is 4.74 Å². The summed E-state index contributed by atoms with van der Waals surface area (Å²) >= 11 is 0. The third kappa shape index (κ3) is 5.34. The van der Waals surface area contributed by atoms with E-state index in [-0.39, 0.29) is 25.7 Å². The fourth-order valence-corrected chi connectivity index (χ4v) is 3.60. The molecule has 0 saturated carbocycles. The fourth-order valence-electron chi connectivity index (χ4n) is 3.60. The van der Waals surface area contributed by atoms with Crippen molar-refractivity contribution >= 4 is 5.91 Å². The molecule has 2 aromatic rings. The molecule has 1 saturated heterocycles. The van der Waals surface area contributed by atoms with Gasteiger partial charge in [0.1, 0.15) is 18.5 Å². The smallest absolute Gasteiger partial charge is 0.253 e. The van der Waals surface area contributed by atoms with E-state index < -0.39 is 6.10 Å². The molecular weight excluding hydrogens is 386 g/mol. The van der Waals surface area contributed by atoms with Crippen LogP contribution in [-0.4, -0.2) is 81.4 Å². The van der Waals surface area contributed by atoms with Gasteiger partial charge in [-0.05, 0) is 19.1 Å². The number of pyridine rings is 1. The van der Waals surface area contributed by atoms with Crippen molar-refractivity contribution in [2.75, 3.05) is 39.3 Å². The normalized spacial score (nSPS) is 15.8. The topological polar surface area (TPSA) is 106 Å². The number of aliphatic hydroxyl groups is 3. The number of amides is 1. The number of aliphatic hydroxyl groups excluding tert-OH is 3. The summed E-state index contributed by atoms with van der Waals surface area (Å²) in [5, 5.41) is 29.4. The number of rotatable bonds is 8. The number of hydrogen-bond acceptors (Lipinski definition) is 7. The highest BCUT2D eigenvalue weighted by Gasteiger charge is 2.24. The monoisotopic (exact) mass is 415 g/mol. The summed E-state index contributed by atoms with van der Waals surface area (Å²) < 4.78 is 5.75. The summed E-state index contributed by atoms with van der Waals surface area (Å²) in [7, 11) is 0. The van der Waals surface area contributed by atoms with Gasteiger partial charge in [0.05, 0.1) is 18.9 Å². The quantitative estimate of drug-likeness (QED) is 0.579. The number of aryl methyl sites for hydroxylation is 1. The summed E-state index contributed by atoms with van der Waals surface area (Å²) in [5.74, 6) is 0.434. The zero-order chi connectivity index (χ0) is 21.5. The molecule has 8 nitrogen and oxygen atoms in total. The minimum Gasteiger partial charge on any atom is -0.489 e. The Morgan fingerprint density at radius 3 is 2.47 bits per heavy atom. The van der Waals surface area contributed by atoms with Gasteiger partial charge in [-0.2, -0.15) is 0 Å². The molecular formula is C22H29N3O5. The van der Waals surface area contributed by atoms with Gasteiger partial charge in [0.25, 0.3) is 5.91 Å². The van der Waals surface area contributed by atoms with Crippen molar-refractivity contribution in [2.24, 2.45) is 0 Å². The second-order valence-electron chi connectivity index (χ2n) is 7.42. The number of β-amino-alcohol motifs (C(OH)–C–C–N with tert-alkyl or cyclic N) is 1. The van der Waals surface area contributed by atoms with Crippen molar-refractivity contribution < 1.29 is 24.9 Å². The van der Waals surface area contributed by atoms with Crippen molar-refractivity contribution in [2.45, 2.75) is 26.2 Å². The zero-order valence-corrected chi connectivity index (χ0v) is 17.2. The molecule has 1 aromatic heterocycles. The van der Waals surface area contributed by atoms with E-state index in [9.17, 15) is 20.1 Å². The van der Waals surface area contributed by atoms with Crippen molar-refractivity contribution in [3.63, 3.8) is 0 Å². The first-order chi connectivity index (χ1) is 14.5. The van der Waals surface area contributed by atoms with Gasteiger partial charge in [0.2, 0.25) is 0 Å². The highest BCUT2D eigenvalue weighted by molar-refractivity contribution is 5.94. The van der Waals surface area contributed by atoms with Gasteiger partial charge in [0.15, 0.2) is 0 Å². The predicted molar refractivity (Wildman–Crippen MR) is 111 cm³/mol. The van der Waals surface area contributed by atoms with Crippen LogP contribution in [0.15, 0.2) is 36.5 Å². The van der Waals surface area contributed by atoms with Gasteiger partial charge < -0.3 is 25.0 Å². The SMILES string of the molecule is Cc1ncc(CO)c(CO)c1OC[C@@H](O)CN1CCN(C(=O)c2ccccc2)CC1. The second kappa shape index (κ2) is 10.5. The van der Waals surface area contributed by atoms with Crippen LogP contribution in [-0.2, 0) is 13.2 Å². The molecule has 8 heteroatoms. The van der Waals surface area contributed by atoms with E-state index in [4.69, 9.17) is 4.74 Å². The first-order valence-electron chi connectivity index (χ1n) is 10.1. The van der Waals surface area contributed by atoms with Crippen LogP contribution >= 0.6 is 0 Å². The molecule has 0 aliphatic carbocycles. The van der Waals surface area contributed by atoms with Crippen LogP contribution in [0.25, 0.3) is 0 Å². The molecule has 1 atom stereocenters. The number of aromatic nitrogens is 1. The van der Waals surface area contributed by atoms with Crippen LogP contribution in [0.5, 0.6) is 5.75 Å². The van der Waals surface area contributed by atoms with E-state index in [2.05, 4.69) is 9.88 Å². The van der Waals surface area contributed by atoms with Crippen LogP contribution in [0.1, 0.15) is 27.2 Å². The lowest BCUT2D eigenvalue weighted by atomic mass is 10.1. The molecule has 162 valence electrons. The van der Waals surface area contributed by atoms with Crippen molar-refractivity contribution in [1.29, 1.82) is 0 Å². The Morgan fingerprint density at radius 1 is 1.13 bits per heavy atom. The van der Waals surface area contributed by atoms with Crippen molar-refractivity contribution in [3.05, 3.63) is 58.9 Å². The molecule has 1 aliphatic heterocycles. The maximum absolute atomic E-state index is 12.5. The molecule has 0 radical (unpaired) electrons. The average Bonchev–Trinajstić information content (AvgIpc) is 2.78. The Morgan fingerprint density at radius 2 is 1.83 bits per heavy atom. The first-order valence-corrected chi connectivity index (χ1v) is 10.1. The first kappa shape index (κ1) is 22.2. The molecule has 3 rings (SSSR count). The zero-order valence-electron chi connectivity index (χ0n) is 17.2. The Hall–Kier alpha value is -2.52. The Kier molecular flexibility index (Phi) is 7.75. The van der Waals surface area contributed by atoms with Crippen molar-refractivity contribution in [1.82, 2.24) is 14.8 Å². The molecule has 1 aliphatic rings. The van der Waals surface area contributed by atoms with Crippen LogP contribution in [0, 0.1) is 6.92 Å². The van der Waals surface area contributed by atoms with Crippen LogP contribution in [0.2, 0.25) is 0 Å². The van der Waals surface area contributed by atoms with Gasteiger partial charge in [-0.1, -0.05) is 18.2 Å². The van der Waals surface area contributed by atoms with Crippen molar-refractivity contribution in [3.8, 4) is 5.75 Å². The van der Waals surface area contributed by atoms with E-state index >= 15 is 0 Å². The molecule has 2 heterocycles. The highest BCUT2D eigenvalue weighted by Crippen LogP contribution is 2.25. The maximum atomic E-state index is 12.5. The minimum atomic E-state index is -0.731. The maximum Gasteiger partial charge on any atom is 0.253 e. The molecule has 1 amide bonds. The molecule has 3 N–H and O–H groups in total. The number of hydrogen-bond donors (Lipinski definition) is 3. The summed E-state index contributed by atoms with van der Waals surface area (Å²) in [5.41, 5.74) is 2.28. The standard InChI is InChI=1S/C22H29N3O5/c1-16-21(20(14-27)18(13-26)11-23-16)30-15-19(28)12-24-7-9-25(10-8-24)22(29)17-5-3-2-4-6-17/h2-6,11,19,26-28H,7-10,12-15H2,1H3/t19-/m0/s1. The number of nitrogens with zero attached hydrogens (tertiary/aromatic N) is 3. The number of carbonyl (C=O) groups is 1. The lowest BCUT2D eigenvalue weighted by Gasteiger charge is -2.35. The van der Waals surface area contributed by atoms with Crippen LogP contribution in [0.3, 0.4) is 0 Å². The molecule has 0 bridgehead atoms. The third-order valence-electron chi connectivity index (χ3n) is 5.30. The van der Waals surface area contributed by atoms with Gasteiger partial charge in [-0.15, -0.1) is 0 Å². The van der Waals surface area contributed by atoms with Gasteiger partial charge in [0, 0.05) is 55.6 Å². The lowest BCUT2D eigenvalue weighted by Crippen LogP contribution is -2.51. The largest absolute Gasteiger partial charge is 0.489 e. The van der Waals surface area contributed by atoms with E-state index in [1.807, 2.05) is 35.2 Å². The second-order valence-corrected chi connectivity index (χ2v) is 7.42. The summed E-state index contributed by atoms with van der Waals surface area (Å²) in [6.45, 7) is 4.29. The van der Waals surface area contributed by atoms with Gasteiger partial charge in [-0.3, -0.25) is 14.7 Å². The number of benzene rings is 1. The summed E-state index contributed by atoms with van der Waals surface area (Å²) in [6.07, 6.45) is 0.783. The van der Waals surface area contributed by atoms with Gasteiger partial charge >= 0.3 is 0 Å². The number of ether oxygens (including phenoxy) is 1. The van der Waals surface area contributed by atoms with Gasteiger partial charge in [-0.25, -0.2) is 0 Å². The summed E-state index contributed by atoms with van der Waals surface area (Å²) in [6, 6.07) is 9.24. The minimum absolute atomic E-state index is 0.0300. The molecule has 0 unspecified atom stereocenters. The molecule has 1 aromatic carbocycles. The van der Waals surface area contributed by atoms with E-state index in [0.29, 0.717) is 60.9 Å².